The van der Waals surface area contributed by atoms with Crippen LogP contribution < -0.4 is 10.2 Å². The van der Waals surface area contributed by atoms with Crippen molar-refractivity contribution in [1.82, 2.24) is 10.3 Å². The van der Waals surface area contributed by atoms with E-state index in [9.17, 15) is 18.0 Å². The van der Waals surface area contributed by atoms with Crippen LogP contribution in [0.2, 0.25) is 0 Å². The van der Waals surface area contributed by atoms with Crippen molar-refractivity contribution in [3.05, 3.63) is 35.8 Å². The lowest BCUT2D eigenvalue weighted by Crippen LogP contribution is -2.49. The van der Waals surface area contributed by atoms with E-state index in [1.165, 1.54) is 0 Å². The number of fused-ring (bicyclic) bond motifs is 1. The number of nitrogens with zero attached hydrogens (tertiary/aromatic N) is 2. The molecule has 1 aliphatic carbocycles. The maximum atomic E-state index is 13.2. The minimum Gasteiger partial charge on any atom is -0.375 e. The molecular weight excluding hydrogens is 383 g/mol. The number of nitrogens with one attached hydrogen (secondary N) is 1. The molecule has 2 aliphatic rings. The van der Waals surface area contributed by atoms with Gasteiger partial charge in [0.05, 0.1) is 24.4 Å². The molecule has 5 nitrogen and oxygen atoms in total. The van der Waals surface area contributed by atoms with E-state index in [0.29, 0.717) is 25.5 Å². The molecule has 0 unspecified atom stereocenters. The number of pyridine rings is 1. The van der Waals surface area contributed by atoms with Crippen LogP contribution in [0.3, 0.4) is 0 Å². The van der Waals surface area contributed by atoms with Crippen molar-refractivity contribution in [2.45, 2.75) is 51.9 Å². The van der Waals surface area contributed by atoms with E-state index >= 15 is 0 Å². The molecule has 0 spiro atoms. The predicted molar refractivity (Wildman–Crippen MR) is 103 cm³/mol. The molecule has 1 amide bonds. The summed E-state index contributed by atoms with van der Waals surface area (Å²) < 4.78 is 45.1. The highest BCUT2D eigenvalue weighted by Gasteiger charge is 2.68. The first-order valence-electron chi connectivity index (χ1n) is 9.38. The smallest absolute Gasteiger partial charge is 0.375 e. The van der Waals surface area contributed by atoms with Crippen molar-refractivity contribution in [2.24, 2.45) is 5.41 Å². The summed E-state index contributed by atoms with van der Waals surface area (Å²) >= 11 is 0. The third kappa shape index (κ3) is 4.25. The van der Waals surface area contributed by atoms with Gasteiger partial charge < -0.3 is 15.0 Å². The molecule has 156 valence electrons. The molecule has 1 N–H and O–H groups in total. The zero-order valence-electron chi connectivity index (χ0n) is 16.7. The molecule has 1 fully saturated rings. The van der Waals surface area contributed by atoms with Crippen molar-refractivity contribution in [1.29, 1.82) is 0 Å². The number of anilines is 1. The number of halogens is 3. The zero-order valence-corrected chi connectivity index (χ0v) is 16.7. The summed E-state index contributed by atoms with van der Waals surface area (Å²) in [4.78, 5) is 18.6. The molecule has 0 atom stereocenters. The molecule has 3 rings (SSSR count). The number of alkyl halides is 3. The Hall–Kier alpha value is -2.53. The van der Waals surface area contributed by atoms with E-state index in [2.05, 4.69) is 28.7 Å². The van der Waals surface area contributed by atoms with Crippen LogP contribution in [-0.4, -0.2) is 35.8 Å². The summed E-state index contributed by atoms with van der Waals surface area (Å²) in [6, 6.07) is 1.86. The second-order valence-electron chi connectivity index (χ2n) is 8.01. The van der Waals surface area contributed by atoms with E-state index < -0.39 is 23.0 Å². The minimum atomic E-state index is -4.55. The Kier molecular flexibility index (Phi) is 5.39. The highest BCUT2D eigenvalue weighted by Crippen LogP contribution is 2.57. The topological polar surface area (TPSA) is 54.5 Å². The molecular formula is C21H24F3N3O2. The lowest BCUT2D eigenvalue weighted by atomic mass is 10.0. The Bertz CT molecular complexity index is 893. The first-order valence-corrected chi connectivity index (χ1v) is 9.38. The van der Waals surface area contributed by atoms with Crippen molar-refractivity contribution in [2.75, 3.05) is 18.1 Å². The first kappa shape index (κ1) is 21.2. The molecule has 8 heteroatoms. The fraction of sp³-hybridized carbons (Fsp3) is 0.524. The quantitative estimate of drug-likeness (QED) is 0.779. The number of aromatic nitrogens is 1. The van der Waals surface area contributed by atoms with Crippen molar-refractivity contribution in [3.63, 3.8) is 0 Å². The SMILES string of the molecule is C=C(C)N1CCOCc2c1ccnc2C#CC(C)(C)NC(=O)C1(C(F)(F)F)CC1. The van der Waals surface area contributed by atoms with Crippen LogP contribution >= 0.6 is 0 Å². The number of hydrogen-bond donors (Lipinski definition) is 1. The molecule has 0 aromatic carbocycles. The van der Waals surface area contributed by atoms with Gasteiger partial charge in [-0.1, -0.05) is 12.5 Å². The third-order valence-electron chi connectivity index (χ3n) is 5.13. The Balaban J connectivity index is 1.85. The largest absolute Gasteiger partial charge is 0.403 e. The standard InChI is InChI=1S/C21H24F3N3O2/c1-14(2)27-11-12-29-13-15-16(25-10-6-17(15)27)5-7-19(3,4)26-18(28)20(8-9-20)21(22,23)24/h6,10H,1,8-9,11-13H2,2-4H3,(H,26,28). The van der Waals surface area contributed by atoms with Crippen LogP contribution in [0.25, 0.3) is 0 Å². The minimum absolute atomic E-state index is 0.187. The lowest BCUT2D eigenvalue weighted by Gasteiger charge is -2.25. The molecule has 2 heterocycles. The van der Waals surface area contributed by atoms with Gasteiger partial charge in [-0.3, -0.25) is 4.79 Å². The second kappa shape index (κ2) is 7.38. The van der Waals surface area contributed by atoms with E-state index in [-0.39, 0.29) is 12.8 Å². The molecule has 29 heavy (non-hydrogen) atoms. The molecule has 1 aliphatic heterocycles. The summed E-state index contributed by atoms with van der Waals surface area (Å²) in [7, 11) is 0. The van der Waals surface area contributed by atoms with Crippen molar-refractivity contribution < 1.29 is 22.7 Å². The third-order valence-corrected chi connectivity index (χ3v) is 5.13. The zero-order chi connectivity index (χ0) is 21.4. The predicted octanol–water partition coefficient (Wildman–Crippen LogP) is 3.54. The Morgan fingerprint density at radius 3 is 2.66 bits per heavy atom. The summed E-state index contributed by atoms with van der Waals surface area (Å²) in [6.45, 7) is 10.5. The van der Waals surface area contributed by atoms with Gasteiger partial charge >= 0.3 is 6.18 Å². The van der Waals surface area contributed by atoms with E-state index in [1.54, 1.807) is 20.0 Å². The first-order chi connectivity index (χ1) is 13.5. The van der Waals surface area contributed by atoms with Crippen LogP contribution in [-0.2, 0) is 16.1 Å². The molecule has 0 saturated heterocycles. The number of allylic oxidation sites excluding steroid dienone is 1. The van der Waals surface area contributed by atoms with Crippen molar-refractivity contribution in [3.8, 4) is 11.8 Å². The van der Waals surface area contributed by atoms with E-state index in [0.717, 1.165) is 16.9 Å². The normalized spacial score (nSPS) is 18.1. The molecule has 0 bridgehead atoms. The van der Waals surface area contributed by atoms with Gasteiger partial charge in [-0.15, -0.1) is 0 Å². The maximum absolute atomic E-state index is 13.2. The van der Waals surface area contributed by atoms with Crippen molar-refractivity contribution >= 4 is 11.6 Å². The number of amides is 1. The van der Waals surface area contributed by atoms with Crippen LogP contribution in [0.15, 0.2) is 24.5 Å². The van der Waals surface area contributed by atoms with Gasteiger partial charge in [-0.25, -0.2) is 4.98 Å². The summed E-state index contributed by atoms with van der Waals surface area (Å²) in [5, 5.41) is 2.44. The van der Waals surface area contributed by atoms with Gasteiger partial charge in [0.15, 0.2) is 0 Å². The average Bonchev–Trinajstić information content (AvgIpc) is 3.43. The van der Waals surface area contributed by atoms with Gasteiger partial charge in [0, 0.05) is 24.0 Å². The van der Waals surface area contributed by atoms with E-state index in [4.69, 9.17) is 4.74 Å². The number of hydrogen-bond acceptors (Lipinski definition) is 4. The fourth-order valence-electron chi connectivity index (χ4n) is 3.25. The number of carbonyl (C=O) groups excluding carboxylic acids is 1. The second-order valence-corrected chi connectivity index (χ2v) is 8.01. The van der Waals surface area contributed by atoms with Gasteiger partial charge in [-0.2, -0.15) is 13.2 Å². The van der Waals surface area contributed by atoms with Gasteiger partial charge in [0.1, 0.15) is 11.1 Å². The fourth-order valence-corrected chi connectivity index (χ4v) is 3.25. The van der Waals surface area contributed by atoms with Gasteiger partial charge in [0.2, 0.25) is 5.91 Å². The van der Waals surface area contributed by atoms with Gasteiger partial charge in [0.25, 0.3) is 0 Å². The summed E-state index contributed by atoms with van der Waals surface area (Å²) in [5.41, 5.74) is -0.417. The summed E-state index contributed by atoms with van der Waals surface area (Å²) in [5.74, 6) is 4.76. The number of rotatable bonds is 3. The maximum Gasteiger partial charge on any atom is 0.403 e. The lowest BCUT2D eigenvalue weighted by molar-refractivity contribution is -0.192. The molecule has 1 saturated carbocycles. The molecule has 1 aromatic heterocycles. The van der Waals surface area contributed by atoms with Crippen LogP contribution in [0, 0.1) is 17.3 Å². The Morgan fingerprint density at radius 1 is 1.38 bits per heavy atom. The number of ether oxygens (including phenoxy) is 1. The Labute approximate surface area is 168 Å². The molecule has 1 aromatic rings. The monoisotopic (exact) mass is 407 g/mol. The average molecular weight is 407 g/mol. The Morgan fingerprint density at radius 2 is 2.07 bits per heavy atom. The summed E-state index contributed by atoms with van der Waals surface area (Å²) in [6.07, 6.45) is -3.30. The van der Waals surface area contributed by atoms with Gasteiger partial charge in [-0.05, 0) is 45.6 Å². The van der Waals surface area contributed by atoms with Crippen LogP contribution in [0.5, 0.6) is 0 Å². The highest BCUT2D eigenvalue weighted by molar-refractivity contribution is 5.87. The van der Waals surface area contributed by atoms with Crippen LogP contribution in [0.4, 0.5) is 18.9 Å². The van der Waals surface area contributed by atoms with Crippen LogP contribution in [0.1, 0.15) is 44.9 Å². The van der Waals surface area contributed by atoms with E-state index in [1.807, 2.05) is 17.9 Å². The number of carbonyl (C=O) groups is 1. The highest BCUT2D eigenvalue weighted by atomic mass is 19.4. The molecule has 0 radical (unpaired) electrons.